The maximum absolute atomic E-state index is 11.9. The number of nitrogens with zero attached hydrogens (tertiary/aromatic N) is 3. The first kappa shape index (κ1) is 12.9. The molecule has 0 aliphatic heterocycles. The summed E-state index contributed by atoms with van der Waals surface area (Å²) in [6.45, 7) is 3.00. The van der Waals surface area contributed by atoms with Crippen molar-refractivity contribution in [2.45, 2.75) is 26.8 Å². The number of hydrogen-bond donors (Lipinski definition) is 1. The highest BCUT2D eigenvalue weighted by Crippen LogP contribution is 1.97. The summed E-state index contributed by atoms with van der Waals surface area (Å²) in [4.78, 5) is 41.0. The number of H-pyrrole nitrogens is 1. The second-order valence-corrected chi connectivity index (χ2v) is 4.01. The standard InChI is InChI=1S/C11H12N4O4/c1-6(16)8-5-12-11(18)15(10(8)17)4-3-9-13-7(2)14-19-9/h5H,3-4H2,1-2H3,(H,12,18). The minimum atomic E-state index is -0.618. The summed E-state index contributed by atoms with van der Waals surface area (Å²) in [6.07, 6.45) is 1.37. The number of aryl methyl sites for hydroxylation is 2. The maximum atomic E-state index is 11.9. The highest BCUT2D eigenvalue weighted by molar-refractivity contribution is 5.93. The van der Waals surface area contributed by atoms with Gasteiger partial charge < -0.3 is 9.51 Å². The Morgan fingerprint density at radius 2 is 2.21 bits per heavy atom. The van der Waals surface area contributed by atoms with Crippen molar-refractivity contribution in [1.29, 1.82) is 0 Å². The van der Waals surface area contributed by atoms with E-state index in [1.165, 1.54) is 6.92 Å². The Kier molecular flexibility index (Phi) is 3.41. The highest BCUT2D eigenvalue weighted by atomic mass is 16.5. The van der Waals surface area contributed by atoms with E-state index in [4.69, 9.17) is 4.52 Å². The molecule has 2 aromatic heterocycles. The summed E-state index contributed by atoms with van der Waals surface area (Å²) in [5, 5.41) is 3.61. The molecular weight excluding hydrogens is 252 g/mol. The van der Waals surface area contributed by atoms with Gasteiger partial charge in [-0.1, -0.05) is 5.16 Å². The van der Waals surface area contributed by atoms with E-state index >= 15 is 0 Å². The van der Waals surface area contributed by atoms with Gasteiger partial charge in [-0.05, 0) is 13.8 Å². The van der Waals surface area contributed by atoms with Crippen LogP contribution < -0.4 is 11.2 Å². The quantitative estimate of drug-likeness (QED) is 0.757. The fourth-order valence-electron chi connectivity index (χ4n) is 1.62. The molecule has 2 rings (SSSR count). The third-order valence-corrected chi connectivity index (χ3v) is 2.56. The molecule has 1 N–H and O–H groups in total. The van der Waals surface area contributed by atoms with E-state index in [1.807, 2.05) is 0 Å². The van der Waals surface area contributed by atoms with Gasteiger partial charge >= 0.3 is 5.69 Å². The first-order valence-corrected chi connectivity index (χ1v) is 5.61. The lowest BCUT2D eigenvalue weighted by Gasteiger charge is -2.03. The van der Waals surface area contributed by atoms with E-state index in [0.717, 1.165) is 10.8 Å². The van der Waals surface area contributed by atoms with Crippen LogP contribution >= 0.6 is 0 Å². The Morgan fingerprint density at radius 3 is 2.79 bits per heavy atom. The summed E-state index contributed by atoms with van der Waals surface area (Å²) in [5.74, 6) is 0.411. The number of hydrogen-bond acceptors (Lipinski definition) is 6. The molecule has 0 bridgehead atoms. The van der Waals surface area contributed by atoms with E-state index < -0.39 is 17.0 Å². The topological polar surface area (TPSA) is 111 Å². The van der Waals surface area contributed by atoms with E-state index in [0.29, 0.717) is 11.7 Å². The molecule has 0 saturated heterocycles. The minimum absolute atomic E-state index is 0.0543. The Labute approximate surface area is 107 Å². The molecule has 0 amide bonds. The van der Waals surface area contributed by atoms with Crippen LogP contribution in [-0.4, -0.2) is 25.5 Å². The average molecular weight is 264 g/mol. The first-order chi connectivity index (χ1) is 8.99. The molecule has 8 heteroatoms. The molecule has 0 fully saturated rings. The number of rotatable bonds is 4. The monoisotopic (exact) mass is 264 g/mol. The molecule has 0 atom stereocenters. The lowest BCUT2D eigenvalue weighted by molar-refractivity contribution is 0.101. The fraction of sp³-hybridized carbons (Fsp3) is 0.364. The third kappa shape index (κ3) is 2.67. The van der Waals surface area contributed by atoms with Crippen LogP contribution in [0.2, 0.25) is 0 Å². The van der Waals surface area contributed by atoms with Gasteiger partial charge in [0.05, 0.1) is 5.56 Å². The summed E-state index contributed by atoms with van der Waals surface area (Å²) in [7, 11) is 0. The Hall–Kier alpha value is -2.51. The average Bonchev–Trinajstić information content (AvgIpc) is 2.74. The second kappa shape index (κ2) is 5.01. The number of nitrogens with one attached hydrogen (secondary N) is 1. The molecule has 2 heterocycles. The fourth-order valence-corrected chi connectivity index (χ4v) is 1.62. The normalized spacial score (nSPS) is 10.6. The smallest absolute Gasteiger partial charge is 0.328 e. The van der Waals surface area contributed by atoms with E-state index in [-0.39, 0.29) is 18.5 Å². The molecule has 8 nitrogen and oxygen atoms in total. The van der Waals surface area contributed by atoms with Crippen molar-refractivity contribution in [3.63, 3.8) is 0 Å². The summed E-state index contributed by atoms with van der Waals surface area (Å²) in [6, 6.07) is 0. The second-order valence-electron chi connectivity index (χ2n) is 4.01. The van der Waals surface area contributed by atoms with Gasteiger partial charge in [0.15, 0.2) is 11.6 Å². The molecule has 0 aromatic carbocycles. The van der Waals surface area contributed by atoms with Gasteiger partial charge in [-0.2, -0.15) is 4.98 Å². The zero-order valence-electron chi connectivity index (χ0n) is 10.5. The number of carbonyl (C=O) groups excluding carboxylic acids is 1. The predicted molar refractivity (Wildman–Crippen MR) is 64.1 cm³/mol. The Balaban J connectivity index is 2.30. The SMILES string of the molecule is CC(=O)c1c[nH]c(=O)n(CCc2nc(C)no2)c1=O. The van der Waals surface area contributed by atoms with Crippen molar-refractivity contribution < 1.29 is 9.32 Å². The first-order valence-electron chi connectivity index (χ1n) is 5.61. The minimum Gasteiger partial charge on any atom is -0.339 e. The largest absolute Gasteiger partial charge is 0.339 e. The molecule has 19 heavy (non-hydrogen) atoms. The van der Waals surface area contributed by atoms with Crippen molar-refractivity contribution in [2.24, 2.45) is 0 Å². The van der Waals surface area contributed by atoms with Crippen LogP contribution in [0.3, 0.4) is 0 Å². The van der Waals surface area contributed by atoms with Crippen molar-refractivity contribution in [2.75, 3.05) is 0 Å². The van der Waals surface area contributed by atoms with Crippen molar-refractivity contribution >= 4 is 5.78 Å². The van der Waals surface area contributed by atoms with Gasteiger partial charge in [-0.25, -0.2) is 4.79 Å². The van der Waals surface area contributed by atoms with Crippen LogP contribution in [0.25, 0.3) is 0 Å². The van der Waals surface area contributed by atoms with Crippen molar-refractivity contribution in [1.82, 2.24) is 19.7 Å². The molecular formula is C11H12N4O4. The molecule has 0 radical (unpaired) electrons. The lowest BCUT2D eigenvalue weighted by Crippen LogP contribution is -2.38. The van der Waals surface area contributed by atoms with Crippen LogP contribution in [0.5, 0.6) is 0 Å². The summed E-state index contributed by atoms with van der Waals surface area (Å²) >= 11 is 0. The van der Waals surface area contributed by atoms with Gasteiger partial charge in [0.2, 0.25) is 5.89 Å². The van der Waals surface area contributed by atoms with Crippen LogP contribution in [0, 0.1) is 6.92 Å². The van der Waals surface area contributed by atoms with E-state index in [9.17, 15) is 14.4 Å². The summed E-state index contributed by atoms with van der Waals surface area (Å²) in [5.41, 5.74) is -1.25. The number of Topliss-reactive ketones (excluding diaryl/α,β-unsaturated/α-hetero) is 1. The number of aromatic amines is 1. The highest BCUT2D eigenvalue weighted by Gasteiger charge is 2.12. The number of carbonyl (C=O) groups is 1. The zero-order valence-corrected chi connectivity index (χ0v) is 10.5. The van der Waals surface area contributed by atoms with Crippen LogP contribution in [-0.2, 0) is 13.0 Å². The number of ketones is 1. The molecule has 100 valence electrons. The molecule has 0 unspecified atom stereocenters. The maximum Gasteiger partial charge on any atom is 0.328 e. The van der Waals surface area contributed by atoms with E-state index in [1.54, 1.807) is 6.92 Å². The van der Waals surface area contributed by atoms with Gasteiger partial charge in [0.25, 0.3) is 5.56 Å². The van der Waals surface area contributed by atoms with Crippen molar-refractivity contribution in [3.05, 3.63) is 44.3 Å². The van der Waals surface area contributed by atoms with E-state index in [2.05, 4.69) is 15.1 Å². The molecule has 0 aliphatic rings. The number of aromatic nitrogens is 4. The molecule has 0 saturated carbocycles. The van der Waals surface area contributed by atoms with Gasteiger partial charge in [-0.15, -0.1) is 0 Å². The predicted octanol–water partition coefficient (Wildman–Crippen LogP) is -0.327. The zero-order chi connectivity index (χ0) is 14.0. The van der Waals surface area contributed by atoms with Crippen LogP contribution in [0.4, 0.5) is 0 Å². The molecule has 0 aliphatic carbocycles. The Bertz CT molecular complexity index is 725. The van der Waals surface area contributed by atoms with Crippen LogP contribution in [0.15, 0.2) is 20.3 Å². The van der Waals surface area contributed by atoms with Gasteiger partial charge in [0.1, 0.15) is 0 Å². The summed E-state index contributed by atoms with van der Waals surface area (Å²) < 4.78 is 5.83. The van der Waals surface area contributed by atoms with Gasteiger partial charge in [-0.3, -0.25) is 14.2 Å². The lowest BCUT2D eigenvalue weighted by atomic mass is 10.2. The molecule has 0 spiro atoms. The third-order valence-electron chi connectivity index (χ3n) is 2.56. The molecule has 2 aromatic rings. The van der Waals surface area contributed by atoms with Crippen molar-refractivity contribution in [3.8, 4) is 0 Å². The van der Waals surface area contributed by atoms with Crippen LogP contribution in [0.1, 0.15) is 29.0 Å². The van der Waals surface area contributed by atoms with Gasteiger partial charge in [0, 0.05) is 19.2 Å². The Morgan fingerprint density at radius 1 is 1.47 bits per heavy atom.